The van der Waals surface area contributed by atoms with Crippen molar-refractivity contribution in [3.8, 4) is 0 Å². The molecule has 8 nitrogen and oxygen atoms in total. The van der Waals surface area contributed by atoms with Gasteiger partial charge in [-0.2, -0.15) is 0 Å². The van der Waals surface area contributed by atoms with Crippen LogP contribution in [0.15, 0.2) is 59.4 Å². The summed E-state index contributed by atoms with van der Waals surface area (Å²) in [6.45, 7) is -0.348. The maximum atomic E-state index is 12.4. The van der Waals surface area contributed by atoms with Crippen molar-refractivity contribution in [1.82, 2.24) is 20.3 Å². The van der Waals surface area contributed by atoms with E-state index in [1.807, 2.05) is 30.3 Å². The highest BCUT2D eigenvalue weighted by Crippen LogP contribution is 2.05. The molecule has 0 unspecified atom stereocenters. The highest BCUT2D eigenvalue weighted by molar-refractivity contribution is 5.84. The van der Waals surface area contributed by atoms with Gasteiger partial charge in [0.15, 0.2) is 0 Å². The van der Waals surface area contributed by atoms with Gasteiger partial charge in [0.25, 0.3) is 5.56 Å². The van der Waals surface area contributed by atoms with E-state index in [1.54, 1.807) is 24.3 Å². The van der Waals surface area contributed by atoms with Gasteiger partial charge in [-0.15, -0.1) is 5.10 Å². The maximum Gasteiger partial charge on any atom is 0.328 e. The molecule has 1 N–H and O–H groups in total. The summed E-state index contributed by atoms with van der Waals surface area (Å²) in [5.74, 6) is -1.10. The Hall–Kier alpha value is -3.55. The van der Waals surface area contributed by atoms with Crippen molar-refractivity contribution < 1.29 is 14.3 Å². The second-order valence-corrected chi connectivity index (χ2v) is 5.90. The van der Waals surface area contributed by atoms with Gasteiger partial charge in [-0.3, -0.25) is 9.59 Å². The van der Waals surface area contributed by atoms with Gasteiger partial charge in [0, 0.05) is 6.42 Å². The van der Waals surface area contributed by atoms with Crippen LogP contribution in [0.3, 0.4) is 0 Å². The zero-order valence-corrected chi connectivity index (χ0v) is 14.7. The summed E-state index contributed by atoms with van der Waals surface area (Å²) in [7, 11) is 1.26. The van der Waals surface area contributed by atoms with Crippen LogP contribution < -0.4 is 10.9 Å². The Bertz CT molecular complexity index is 1020. The predicted octanol–water partition coefficient (Wildman–Crippen LogP) is 0.692. The summed E-state index contributed by atoms with van der Waals surface area (Å²) >= 11 is 0. The van der Waals surface area contributed by atoms with Crippen LogP contribution in [-0.4, -0.2) is 40.0 Å². The molecule has 3 aromatic rings. The van der Waals surface area contributed by atoms with Gasteiger partial charge < -0.3 is 10.1 Å². The summed E-state index contributed by atoms with van der Waals surface area (Å²) in [5.41, 5.74) is 0.903. The Morgan fingerprint density at radius 2 is 1.81 bits per heavy atom. The van der Waals surface area contributed by atoms with Gasteiger partial charge in [-0.1, -0.05) is 47.7 Å². The lowest BCUT2D eigenvalue weighted by molar-refractivity contribution is -0.145. The molecule has 0 radical (unpaired) electrons. The summed E-state index contributed by atoms with van der Waals surface area (Å²) in [6.07, 6.45) is 0.275. The summed E-state index contributed by atoms with van der Waals surface area (Å²) in [6, 6.07) is 15.1. The molecule has 8 heteroatoms. The minimum Gasteiger partial charge on any atom is -0.467 e. The molecule has 0 aliphatic heterocycles. The molecule has 1 amide bonds. The van der Waals surface area contributed by atoms with Crippen molar-refractivity contribution in [1.29, 1.82) is 0 Å². The molecule has 1 aromatic heterocycles. The minimum atomic E-state index is -0.867. The molecule has 3 rings (SSSR count). The molecule has 27 heavy (non-hydrogen) atoms. The highest BCUT2D eigenvalue weighted by atomic mass is 16.5. The second-order valence-electron chi connectivity index (χ2n) is 5.90. The van der Waals surface area contributed by atoms with E-state index < -0.39 is 23.5 Å². The number of nitrogens with zero attached hydrogens (tertiary/aromatic N) is 3. The highest BCUT2D eigenvalue weighted by Gasteiger charge is 2.22. The Labute approximate surface area is 154 Å². The van der Waals surface area contributed by atoms with Crippen LogP contribution in [0.4, 0.5) is 0 Å². The number of ether oxygens (including phenoxy) is 1. The Morgan fingerprint density at radius 3 is 2.56 bits per heavy atom. The zero-order valence-electron chi connectivity index (χ0n) is 14.7. The predicted molar refractivity (Wildman–Crippen MR) is 97.9 cm³/mol. The van der Waals surface area contributed by atoms with Gasteiger partial charge >= 0.3 is 5.97 Å². The average Bonchev–Trinajstić information content (AvgIpc) is 2.70. The van der Waals surface area contributed by atoms with Crippen LogP contribution in [0.1, 0.15) is 5.56 Å². The van der Waals surface area contributed by atoms with Crippen LogP contribution in [-0.2, 0) is 27.3 Å². The molecule has 2 aromatic carbocycles. The maximum absolute atomic E-state index is 12.4. The lowest BCUT2D eigenvalue weighted by Gasteiger charge is -2.16. The first kappa shape index (κ1) is 18.2. The van der Waals surface area contributed by atoms with Gasteiger partial charge in [-0.05, 0) is 17.7 Å². The number of carbonyl (C=O) groups is 2. The number of aromatic nitrogens is 3. The van der Waals surface area contributed by atoms with E-state index in [1.165, 1.54) is 7.11 Å². The first-order valence-electron chi connectivity index (χ1n) is 8.32. The molecule has 0 saturated heterocycles. The summed E-state index contributed by atoms with van der Waals surface area (Å²) < 4.78 is 5.73. The lowest BCUT2D eigenvalue weighted by atomic mass is 10.1. The lowest BCUT2D eigenvalue weighted by Crippen LogP contribution is -2.45. The second kappa shape index (κ2) is 8.22. The standard InChI is InChI=1S/C19H18N4O4/c1-27-19(26)16(11-13-7-3-2-4-8-13)20-17(24)12-23-18(25)14-9-5-6-10-15(14)21-22-23/h2-10,16H,11-12H2,1H3,(H,20,24)/t16-/m1/s1. The number of methoxy groups -OCH3 is 1. The molecule has 1 heterocycles. The smallest absolute Gasteiger partial charge is 0.328 e. The topological polar surface area (TPSA) is 103 Å². The first-order chi connectivity index (χ1) is 13.1. The average molecular weight is 366 g/mol. The van der Waals surface area contributed by atoms with Crippen molar-refractivity contribution >= 4 is 22.8 Å². The number of nitrogens with one attached hydrogen (secondary N) is 1. The van der Waals surface area contributed by atoms with Crippen molar-refractivity contribution in [2.24, 2.45) is 0 Å². The summed E-state index contributed by atoms with van der Waals surface area (Å²) in [5, 5.41) is 10.7. The fraction of sp³-hybridized carbons (Fsp3) is 0.211. The fourth-order valence-corrected chi connectivity index (χ4v) is 2.69. The van der Waals surface area contributed by atoms with E-state index in [-0.39, 0.29) is 13.0 Å². The first-order valence-corrected chi connectivity index (χ1v) is 8.32. The third-order valence-electron chi connectivity index (χ3n) is 4.03. The normalized spacial score (nSPS) is 11.7. The van der Waals surface area contributed by atoms with Gasteiger partial charge in [0.1, 0.15) is 18.1 Å². The van der Waals surface area contributed by atoms with Gasteiger partial charge in [0.05, 0.1) is 12.5 Å². The van der Waals surface area contributed by atoms with Crippen LogP contribution >= 0.6 is 0 Å². The number of amides is 1. The molecule has 0 fully saturated rings. The van der Waals surface area contributed by atoms with E-state index >= 15 is 0 Å². The molecular formula is C19H18N4O4. The van der Waals surface area contributed by atoms with Crippen molar-refractivity contribution in [2.45, 2.75) is 19.0 Å². The van der Waals surface area contributed by atoms with E-state index in [2.05, 4.69) is 15.6 Å². The number of benzene rings is 2. The largest absolute Gasteiger partial charge is 0.467 e. The quantitative estimate of drug-likeness (QED) is 0.644. The van der Waals surface area contributed by atoms with E-state index in [9.17, 15) is 14.4 Å². The molecule has 0 bridgehead atoms. The molecule has 0 spiro atoms. The monoisotopic (exact) mass is 366 g/mol. The van der Waals surface area contributed by atoms with Crippen molar-refractivity contribution in [3.05, 3.63) is 70.5 Å². The van der Waals surface area contributed by atoms with E-state index in [0.717, 1.165) is 10.2 Å². The van der Waals surface area contributed by atoms with Crippen molar-refractivity contribution in [2.75, 3.05) is 7.11 Å². The van der Waals surface area contributed by atoms with Crippen LogP contribution in [0.2, 0.25) is 0 Å². The minimum absolute atomic E-state index is 0.275. The van der Waals surface area contributed by atoms with Crippen LogP contribution in [0, 0.1) is 0 Å². The molecule has 0 saturated carbocycles. The molecule has 0 aliphatic carbocycles. The molecule has 0 aliphatic rings. The molecule has 138 valence electrons. The number of esters is 1. The Kier molecular flexibility index (Phi) is 5.55. The molecule has 1 atom stereocenters. The van der Waals surface area contributed by atoms with E-state index in [4.69, 9.17) is 4.74 Å². The Balaban J connectivity index is 1.75. The zero-order chi connectivity index (χ0) is 19.2. The number of hydrogen-bond acceptors (Lipinski definition) is 6. The van der Waals surface area contributed by atoms with Crippen LogP contribution in [0.25, 0.3) is 10.9 Å². The van der Waals surface area contributed by atoms with Crippen molar-refractivity contribution in [3.63, 3.8) is 0 Å². The third-order valence-corrected chi connectivity index (χ3v) is 4.03. The van der Waals surface area contributed by atoms with Crippen LogP contribution in [0.5, 0.6) is 0 Å². The number of hydrogen-bond donors (Lipinski definition) is 1. The fourth-order valence-electron chi connectivity index (χ4n) is 2.69. The van der Waals surface area contributed by atoms with Gasteiger partial charge in [-0.25, -0.2) is 9.48 Å². The third kappa shape index (κ3) is 4.35. The number of fused-ring (bicyclic) bond motifs is 1. The number of rotatable bonds is 6. The molecular weight excluding hydrogens is 348 g/mol. The number of carbonyl (C=O) groups excluding carboxylic acids is 2. The SMILES string of the molecule is COC(=O)[C@@H](Cc1ccccc1)NC(=O)Cn1nnc2ccccc2c1=O. The summed E-state index contributed by atoms with van der Waals surface area (Å²) in [4.78, 5) is 36.8. The van der Waals surface area contributed by atoms with E-state index in [0.29, 0.717) is 10.9 Å². The Morgan fingerprint density at radius 1 is 1.11 bits per heavy atom. The van der Waals surface area contributed by atoms with Gasteiger partial charge in [0.2, 0.25) is 5.91 Å².